The quantitative estimate of drug-likeness (QED) is 0.357. The number of piperazine rings is 1. The number of aliphatic imine (C=N–C) groups is 1. The van der Waals surface area contributed by atoms with Crippen LogP contribution in [0.25, 0.3) is 0 Å². The van der Waals surface area contributed by atoms with Gasteiger partial charge in [-0.25, -0.2) is 8.42 Å². The van der Waals surface area contributed by atoms with Crippen LogP contribution in [-0.4, -0.2) is 80.4 Å². The Hall–Kier alpha value is -0.580. The lowest BCUT2D eigenvalue weighted by atomic mass is 10.1. The molecule has 0 radical (unpaired) electrons. The highest BCUT2D eigenvalue weighted by Crippen LogP contribution is 2.18. The van der Waals surface area contributed by atoms with Gasteiger partial charge in [-0.05, 0) is 26.2 Å². The molecule has 7 nitrogen and oxygen atoms in total. The number of hydrogen-bond donors (Lipinski definition) is 1. The van der Waals surface area contributed by atoms with E-state index in [1.54, 1.807) is 0 Å². The third-order valence-corrected chi connectivity index (χ3v) is 6.47. The molecule has 0 aromatic heterocycles. The van der Waals surface area contributed by atoms with E-state index in [9.17, 15) is 13.2 Å². The van der Waals surface area contributed by atoms with Gasteiger partial charge in [-0.2, -0.15) is 0 Å². The first-order valence-electron chi connectivity index (χ1n) is 9.23. The van der Waals surface area contributed by atoms with Gasteiger partial charge in [0.2, 0.25) is 5.91 Å². The molecule has 152 valence electrons. The highest BCUT2D eigenvalue weighted by Gasteiger charge is 2.29. The minimum absolute atomic E-state index is 0. The van der Waals surface area contributed by atoms with Crippen molar-refractivity contribution in [3.05, 3.63) is 0 Å². The highest BCUT2D eigenvalue weighted by atomic mass is 127. The molecule has 2 heterocycles. The largest absolute Gasteiger partial charge is 0.354 e. The standard InChI is InChI=1S/C17H32N4O3S.HI/c1-13(2)16(22)20-6-8-21(9-7-20)17(19-14(3)4)18-11-15-5-10-25(23,24)12-15;/h13-15H,5-12H2,1-4H3,(H,18,19);1H. The normalized spacial score (nSPS) is 23.3. The number of carbonyl (C=O) groups excluding carboxylic acids is 1. The molecule has 9 heteroatoms. The summed E-state index contributed by atoms with van der Waals surface area (Å²) in [6, 6.07) is 0.251. The fraction of sp³-hybridized carbons (Fsp3) is 0.882. The van der Waals surface area contributed by atoms with E-state index < -0.39 is 9.84 Å². The molecule has 0 bridgehead atoms. The molecule has 0 aliphatic carbocycles. The zero-order valence-electron chi connectivity index (χ0n) is 16.3. The van der Waals surface area contributed by atoms with Crippen molar-refractivity contribution < 1.29 is 13.2 Å². The number of carbonyl (C=O) groups is 1. The maximum Gasteiger partial charge on any atom is 0.225 e. The second-order valence-electron chi connectivity index (χ2n) is 7.70. The van der Waals surface area contributed by atoms with Crippen LogP contribution in [0.15, 0.2) is 4.99 Å². The first-order valence-corrected chi connectivity index (χ1v) is 11.0. The van der Waals surface area contributed by atoms with Gasteiger partial charge in [0, 0.05) is 44.7 Å². The summed E-state index contributed by atoms with van der Waals surface area (Å²) in [5, 5.41) is 3.38. The predicted octanol–water partition coefficient (Wildman–Crippen LogP) is 1.19. The van der Waals surface area contributed by atoms with Crippen molar-refractivity contribution in [2.75, 3.05) is 44.2 Å². The Morgan fingerprint density at radius 3 is 2.15 bits per heavy atom. The minimum atomic E-state index is -2.86. The number of sulfone groups is 1. The molecule has 0 aromatic carbocycles. The van der Waals surface area contributed by atoms with Crippen LogP contribution in [0.2, 0.25) is 0 Å². The molecule has 2 aliphatic rings. The fourth-order valence-electron chi connectivity index (χ4n) is 3.23. The lowest BCUT2D eigenvalue weighted by Gasteiger charge is -2.37. The van der Waals surface area contributed by atoms with Gasteiger partial charge in [-0.3, -0.25) is 9.79 Å². The fourth-order valence-corrected chi connectivity index (χ4v) is 5.08. The first kappa shape index (κ1) is 23.5. The average Bonchev–Trinajstić information content (AvgIpc) is 2.89. The van der Waals surface area contributed by atoms with E-state index in [1.807, 2.05) is 18.7 Å². The topological polar surface area (TPSA) is 82.1 Å². The van der Waals surface area contributed by atoms with Crippen LogP contribution in [0.5, 0.6) is 0 Å². The Balaban J connectivity index is 0.00000338. The summed E-state index contributed by atoms with van der Waals surface area (Å²) >= 11 is 0. The van der Waals surface area contributed by atoms with Crippen LogP contribution in [0, 0.1) is 11.8 Å². The van der Waals surface area contributed by atoms with Crippen molar-refractivity contribution in [2.24, 2.45) is 16.8 Å². The summed E-state index contributed by atoms with van der Waals surface area (Å²) < 4.78 is 23.2. The van der Waals surface area contributed by atoms with Crippen LogP contribution < -0.4 is 5.32 Å². The lowest BCUT2D eigenvalue weighted by Crippen LogP contribution is -2.55. The maximum atomic E-state index is 12.1. The monoisotopic (exact) mass is 500 g/mol. The Morgan fingerprint density at radius 1 is 1.12 bits per heavy atom. The molecular formula is C17H33IN4O3S. The van der Waals surface area contributed by atoms with Crippen molar-refractivity contribution in [3.8, 4) is 0 Å². The molecule has 1 unspecified atom stereocenters. The molecule has 26 heavy (non-hydrogen) atoms. The van der Waals surface area contributed by atoms with Gasteiger partial charge in [0.25, 0.3) is 0 Å². The molecular weight excluding hydrogens is 467 g/mol. The molecule has 2 aliphatic heterocycles. The second-order valence-corrected chi connectivity index (χ2v) is 9.93. The molecule has 1 amide bonds. The van der Waals surface area contributed by atoms with Crippen LogP contribution in [-0.2, 0) is 14.6 Å². The summed E-state index contributed by atoms with van der Waals surface area (Å²) in [6.07, 6.45) is 0.706. The van der Waals surface area contributed by atoms with E-state index in [2.05, 4.69) is 24.1 Å². The Labute approximate surface area is 174 Å². The van der Waals surface area contributed by atoms with Crippen molar-refractivity contribution >= 4 is 45.7 Å². The van der Waals surface area contributed by atoms with Crippen molar-refractivity contribution in [3.63, 3.8) is 0 Å². The molecule has 1 atom stereocenters. The van der Waals surface area contributed by atoms with Crippen LogP contribution in [0.3, 0.4) is 0 Å². The number of amides is 1. The van der Waals surface area contributed by atoms with E-state index in [0.717, 1.165) is 19.0 Å². The Morgan fingerprint density at radius 2 is 1.69 bits per heavy atom. The molecule has 2 rings (SSSR count). The summed E-state index contributed by atoms with van der Waals surface area (Å²) in [5.74, 6) is 1.72. The zero-order chi connectivity index (χ0) is 18.6. The Kier molecular flexibility index (Phi) is 9.11. The van der Waals surface area contributed by atoms with Crippen LogP contribution in [0.1, 0.15) is 34.1 Å². The zero-order valence-corrected chi connectivity index (χ0v) is 19.4. The van der Waals surface area contributed by atoms with Gasteiger partial charge in [0.1, 0.15) is 0 Å². The van der Waals surface area contributed by atoms with Gasteiger partial charge in [-0.15, -0.1) is 24.0 Å². The molecule has 0 spiro atoms. The van der Waals surface area contributed by atoms with Crippen molar-refractivity contribution in [1.29, 1.82) is 0 Å². The average molecular weight is 500 g/mol. The van der Waals surface area contributed by atoms with Crippen molar-refractivity contribution in [1.82, 2.24) is 15.1 Å². The second kappa shape index (κ2) is 10.1. The summed E-state index contributed by atoms with van der Waals surface area (Å²) in [7, 11) is -2.86. The van der Waals surface area contributed by atoms with Gasteiger partial charge >= 0.3 is 0 Å². The molecule has 1 N–H and O–H groups in total. The molecule has 2 saturated heterocycles. The van der Waals surface area contributed by atoms with E-state index in [1.165, 1.54) is 0 Å². The number of halogens is 1. The Bertz CT molecular complexity index is 599. The maximum absolute atomic E-state index is 12.1. The molecule has 2 fully saturated rings. The van der Waals surface area contributed by atoms with Gasteiger partial charge < -0.3 is 15.1 Å². The summed E-state index contributed by atoms with van der Waals surface area (Å²) in [4.78, 5) is 20.9. The van der Waals surface area contributed by atoms with E-state index in [0.29, 0.717) is 26.1 Å². The number of nitrogens with zero attached hydrogens (tertiary/aromatic N) is 3. The van der Waals surface area contributed by atoms with Crippen molar-refractivity contribution in [2.45, 2.75) is 40.2 Å². The molecule has 0 saturated carbocycles. The van der Waals surface area contributed by atoms with Gasteiger partial charge in [-0.1, -0.05) is 13.8 Å². The van der Waals surface area contributed by atoms with E-state index in [-0.39, 0.29) is 59.3 Å². The number of nitrogens with one attached hydrogen (secondary N) is 1. The summed E-state index contributed by atoms with van der Waals surface area (Å²) in [6.45, 7) is 11.4. The van der Waals surface area contributed by atoms with Gasteiger partial charge in [0.15, 0.2) is 15.8 Å². The van der Waals surface area contributed by atoms with Gasteiger partial charge in [0.05, 0.1) is 11.5 Å². The van der Waals surface area contributed by atoms with E-state index >= 15 is 0 Å². The SMILES string of the molecule is CC(C)NC(=NCC1CCS(=O)(=O)C1)N1CCN(C(=O)C(C)C)CC1.I. The molecule has 0 aromatic rings. The number of guanidine groups is 1. The third kappa shape index (κ3) is 6.86. The minimum Gasteiger partial charge on any atom is -0.354 e. The smallest absolute Gasteiger partial charge is 0.225 e. The van der Waals surface area contributed by atoms with E-state index in [4.69, 9.17) is 4.99 Å². The summed E-state index contributed by atoms with van der Waals surface area (Å²) in [5.41, 5.74) is 0. The number of rotatable bonds is 4. The van der Waals surface area contributed by atoms with Crippen LogP contribution >= 0.6 is 24.0 Å². The number of hydrogen-bond acceptors (Lipinski definition) is 4. The lowest BCUT2D eigenvalue weighted by molar-refractivity contribution is -0.135. The highest BCUT2D eigenvalue weighted by molar-refractivity contribution is 14.0. The predicted molar refractivity (Wildman–Crippen MR) is 116 cm³/mol. The third-order valence-electron chi connectivity index (χ3n) is 4.63. The van der Waals surface area contributed by atoms with Crippen LogP contribution in [0.4, 0.5) is 0 Å². The first-order chi connectivity index (χ1) is 11.7.